The highest BCUT2D eigenvalue weighted by molar-refractivity contribution is 9.10. The molecule has 0 aliphatic heterocycles. The third-order valence-electron chi connectivity index (χ3n) is 2.95. The molecule has 0 radical (unpaired) electrons. The lowest BCUT2D eigenvalue weighted by atomic mass is 10.2. The number of rotatable bonds is 9. The number of carbonyl (C=O) groups is 2. The zero-order chi connectivity index (χ0) is 18.2. The first kappa shape index (κ1) is 20.6. The molecule has 1 aromatic carbocycles. The summed E-state index contributed by atoms with van der Waals surface area (Å²) in [6, 6.07) is 5.80. The number of hydrogen-bond acceptors (Lipinski definition) is 5. The summed E-state index contributed by atoms with van der Waals surface area (Å²) in [4.78, 5) is 23.2. The van der Waals surface area contributed by atoms with E-state index in [1.54, 1.807) is 26.0 Å². The van der Waals surface area contributed by atoms with Gasteiger partial charge in [0.05, 0.1) is 17.9 Å². The van der Waals surface area contributed by atoms with Gasteiger partial charge < -0.3 is 10.1 Å². The van der Waals surface area contributed by atoms with Crippen molar-refractivity contribution >= 4 is 37.8 Å². The Morgan fingerprint density at radius 2 is 1.88 bits per heavy atom. The van der Waals surface area contributed by atoms with Crippen LogP contribution >= 0.6 is 15.9 Å². The van der Waals surface area contributed by atoms with Crippen LogP contribution in [0.2, 0.25) is 0 Å². The summed E-state index contributed by atoms with van der Waals surface area (Å²) in [5.41, 5.74) is 0. The van der Waals surface area contributed by atoms with Gasteiger partial charge in [-0.15, -0.1) is 0 Å². The van der Waals surface area contributed by atoms with Crippen molar-refractivity contribution < 1.29 is 22.7 Å². The van der Waals surface area contributed by atoms with E-state index in [1.807, 2.05) is 0 Å². The van der Waals surface area contributed by atoms with Crippen LogP contribution in [0, 0.1) is 0 Å². The van der Waals surface area contributed by atoms with Crippen LogP contribution in [-0.4, -0.2) is 39.5 Å². The van der Waals surface area contributed by atoms with Crippen molar-refractivity contribution in [2.24, 2.45) is 0 Å². The van der Waals surface area contributed by atoms with E-state index in [0.717, 1.165) is 4.47 Å². The standard InChI is InChI=1S/C15H21BrN2O5S/c1-3-23-15(20)10-11(2)18-14(19)8-9-17-24(21,22)13-6-4-12(16)5-7-13/h4-7,11,17H,3,8-10H2,1-2H3,(H,18,19). The fourth-order valence-corrected chi connectivity index (χ4v) is 3.16. The molecule has 0 saturated carbocycles. The molecule has 0 aliphatic carbocycles. The number of amides is 1. The van der Waals surface area contributed by atoms with Crippen LogP contribution in [0.5, 0.6) is 0 Å². The van der Waals surface area contributed by atoms with Gasteiger partial charge >= 0.3 is 5.97 Å². The van der Waals surface area contributed by atoms with Gasteiger partial charge in [-0.1, -0.05) is 15.9 Å². The average molecular weight is 421 g/mol. The van der Waals surface area contributed by atoms with Gasteiger partial charge in [-0.05, 0) is 38.1 Å². The lowest BCUT2D eigenvalue weighted by Gasteiger charge is -2.13. The Morgan fingerprint density at radius 1 is 1.25 bits per heavy atom. The van der Waals surface area contributed by atoms with Gasteiger partial charge in [0.1, 0.15) is 0 Å². The largest absolute Gasteiger partial charge is 0.466 e. The van der Waals surface area contributed by atoms with Gasteiger partial charge in [0.25, 0.3) is 0 Å². The fourth-order valence-electron chi connectivity index (χ4n) is 1.86. The van der Waals surface area contributed by atoms with E-state index in [2.05, 4.69) is 26.0 Å². The summed E-state index contributed by atoms with van der Waals surface area (Å²) in [5.74, 6) is -0.730. The van der Waals surface area contributed by atoms with Crippen LogP contribution in [0.4, 0.5) is 0 Å². The molecule has 2 N–H and O–H groups in total. The highest BCUT2D eigenvalue weighted by Gasteiger charge is 2.15. The lowest BCUT2D eigenvalue weighted by Crippen LogP contribution is -2.37. The van der Waals surface area contributed by atoms with Crippen molar-refractivity contribution in [3.63, 3.8) is 0 Å². The minimum Gasteiger partial charge on any atom is -0.466 e. The molecule has 7 nitrogen and oxygen atoms in total. The highest BCUT2D eigenvalue weighted by atomic mass is 79.9. The number of halogens is 1. The minimum atomic E-state index is -3.65. The van der Waals surface area contributed by atoms with Gasteiger partial charge in [0.2, 0.25) is 15.9 Å². The van der Waals surface area contributed by atoms with Crippen molar-refractivity contribution in [1.82, 2.24) is 10.0 Å². The molecule has 0 aliphatic rings. The summed E-state index contributed by atoms with van der Waals surface area (Å²) in [5, 5.41) is 2.62. The molecule has 24 heavy (non-hydrogen) atoms. The second-order valence-corrected chi connectivity index (χ2v) is 7.76. The number of nitrogens with one attached hydrogen (secondary N) is 2. The second kappa shape index (κ2) is 9.75. The molecular formula is C15H21BrN2O5S. The third-order valence-corrected chi connectivity index (χ3v) is 4.96. The van der Waals surface area contributed by atoms with Gasteiger partial charge in [-0.25, -0.2) is 13.1 Å². The number of sulfonamides is 1. The summed E-state index contributed by atoms with van der Waals surface area (Å²) in [7, 11) is -3.65. The van der Waals surface area contributed by atoms with Gasteiger partial charge in [0.15, 0.2) is 0 Å². The molecule has 0 spiro atoms. The highest BCUT2D eigenvalue weighted by Crippen LogP contribution is 2.14. The van der Waals surface area contributed by atoms with Crippen molar-refractivity contribution in [2.45, 2.75) is 37.6 Å². The smallest absolute Gasteiger partial charge is 0.307 e. The van der Waals surface area contributed by atoms with E-state index in [4.69, 9.17) is 4.74 Å². The van der Waals surface area contributed by atoms with Crippen LogP contribution in [0.25, 0.3) is 0 Å². The Morgan fingerprint density at radius 3 is 2.46 bits per heavy atom. The van der Waals surface area contributed by atoms with E-state index in [0.29, 0.717) is 0 Å². The maximum Gasteiger partial charge on any atom is 0.307 e. The molecule has 0 fully saturated rings. The summed E-state index contributed by atoms with van der Waals surface area (Å²) < 4.78 is 32.0. The summed E-state index contributed by atoms with van der Waals surface area (Å²) in [6.45, 7) is 3.65. The topological polar surface area (TPSA) is 102 Å². The molecule has 9 heteroatoms. The predicted molar refractivity (Wildman–Crippen MR) is 92.8 cm³/mol. The average Bonchev–Trinajstić information content (AvgIpc) is 2.47. The Labute approximate surface area is 150 Å². The Balaban J connectivity index is 2.39. The Kier molecular flexibility index (Phi) is 8.37. The second-order valence-electron chi connectivity index (χ2n) is 5.08. The van der Waals surface area contributed by atoms with Crippen molar-refractivity contribution in [1.29, 1.82) is 0 Å². The molecule has 134 valence electrons. The molecule has 1 rings (SSSR count). The lowest BCUT2D eigenvalue weighted by molar-refractivity contribution is -0.143. The first-order chi connectivity index (χ1) is 11.2. The molecule has 0 saturated heterocycles. The molecule has 1 unspecified atom stereocenters. The summed E-state index contributed by atoms with van der Waals surface area (Å²) >= 11 is 3.23. The van der Waals surface area contributed by atoms with Crippen LogP contribution < -0.4 is 10.0 Å². The molecule has 1 aromatic rings. The van der Waals surface area contributed by atoms with E-state index in [9.17, 15) is 18.0 Å². The van der Waals surface area contributed by atoms with Crippen molar-refractivity contribution in [2.75, 3.05) is 13.2 Å². The number of esters is 1. The first-order valence-electron chi connectivity index (χ1n) is 7.45. The first-order valence-corrected chi connectivity index (χ1v) is 9.72. The molecule has 1 atom stereocenters. The molecular weight excluding hydrogens is 400 g/mol. The zero-order valence-electron chi connectivity index (χ0n) is 13.5. The number of benzene rings is 1. The number of carbonyl (C=O) groups excluding carboxylic acids is 2. The molecule has 0 aromatic heterocycles. The third kappa shape index (κ3) is 7.41. The SMILES string of the molecule is CCOC(=O)CC(C)NC(=O)CCNS(=O)(=O)c1ccc(Br)cc1. The normalized spacial score (nSPS) is 12.5. The van der Waals surface area contributed by atoms with Crippen LogP contribution in [-0.2, 0) is 24.3 Å². The maximum absolute atomic E-state index is 12.0. The van der Waals surface area contributed by atoms with E-state index in [1.165, 1.54) is 12.1 Å². The predicted octanol–water partition coefficient (Wildman–Crippen LogP) is 1.58. The zero-order valence-corrected chi connectivity index (χ0v) is 15.9. The van der Waals surface area contributed by atoms with Crippen LogP contribution in [0.1, 0.15) is 26.7 Å². The number of ether oxygens (including phenoxy) is 1. The molecule has 0 bridgehead atoms. The van der Waals surface area contributed by atoms with E-state index >= 15 is 0 Å². The van der Waals surface area contributed by atoms with Crippen LogP contribution in [0.3, 0.4) is 0 Å². The minimum absolute atomic E-state index is 0.0249. The molecule has 0 heterocycles. The molecule has 1 amide bonds. The fraction of sp³-hybridized carbons (Fsp3) is 0.467. The Hall–Kier alpha value is -1.45. The summed E-state index contributed by atoms with van der Waals surface area (Å²) in [6.07, 6.45) is 0.0487. The van der Waals surface area contributed by atoms with E-state index in [-0.39, 0.29) is 48.8 Å². The van der Waals surface area contributed by atoms with Gasteiger partial charge in [-0.3, -0.25) is 9.59 Å². The van der Waals surface area contributed by atoms with Crippen molar-refractivity contribution in [3.8, 4) is 0 Å². The van der Waals surface area contributed by atoms with E-state index < -0.39 is 10.0 Å². The maximum atomic E-state index is 12.0. The quantitative estimate of drug-likeness (QED) is 0.590. The van der Waals surface area contributed by atoms with Crippen molar-refractivity contribution in [3.05, 3.63) is 28.7 Å². The van der Waals surface area contributed by atoms with Crippen LogP contribution in [0.15, 0.2) is 33.6 Å². The Bertz CT molecular complexity index is 661. The van der Waals surface area contributed by atoms with Gasteiger partial charge in [-0.2, -0.15) is 0 Å². The number of hydrogen-bond donors (Lipinski definition) is 2. The monoisotopic (exact) mass is 420 g/mol. The van der Waals surface area contributed by atoms with Gasteiger partial charge in [0, 0.05) is 23.5 Å².